The first-order valence-corrected chi connectivity index (χ1v) is 8.32. The molecule has 0 aliphatic rings. The van der Waals surface area contributed by atoms with Crippen LogP contribution in [-0.4, -0.2) is 29.1 Å². The van der Waals surface area contributed by atoms with E-state index in [2.05, 4.69) is 56.4 Å². The molecule has 1 heterocycles. The minimum atomic E-state index is 0.660. The second kappa shape index (κ2) is 9.66. The monoisotopic (exact) mass is 313 g/mol. The molecular formula is C18H27N5. The largest absolute Gasteiger partial charge is 0.356 e. The van der Waals surface area contributed by atoms with Crippen molar-refractivity contribution in [2.45, 2.75) is 39.3 Å². The van der Waals surface area contributed by atoms with Crippen LogP contribution in [0, 0.1) is 0 Å². The van der Waals surface area contributed by atoms with Crippen LogP contribution in [0.15, 0.2) is 47.7 Å². The molecule has 0 radical (unpaired) electrons. The summed E-state index contributed by atoms with van der Waals surface area (Å²) in [6.07, 6.45) is 7.49. The third-order valence-electron chi connectivity index (χ3n) is 3.71. The van der Waals surface area contributed by atoms with Gasteiger partial charge in [-0.3, -0.25) is 4.99 Å². The first-order valence-electron chi connectivity index (χ1n) is 8.32. The van der Waals surface area contributed by atoms with Gasteiger partial charge in [-0.1, -0.05) is 50.1 Å². The Bertz CT molecular complexity index is 588. The lowest BCUT2D eigenvalue weighted by Gasteiger charge is -2.13. The molecule has 0 bridgehead atoms. The van der Waals surface area contributed by atoms with Gasteiger partial charge < -0.3 is 15.2 Å². The van der Waals surface area contributed by atoms with Gasteiger partial charge in [-0.15, -0.1) is 0 Å². The average Bonchev–Trinajstić information content (AvgIpc) is 3.02. The Labute approximate surface area is 138 Å². The van der Waals surface area contributed by atoms with Gasteiger partial charge in [0.1, 0.15) is 5.82 Å². The second-order valence-corrected chi connectivity index (χ2v) is 5.52. The number of nitrogens with zero attached hydrogens (tertiary/aromatic N) is 3. The van der Waals surface area contributed by atoms with Gasteiger partial charge in [0.05, 0.1) is 6.54 Å². The lowest BCUT2D eigenvalue weighted by atomic mass is 10.2. The molecule has 0 atom stereocenters. The van der Waals surface area contributed by atoms with E-state index < -0.39 is 0 Å². The summed E-state index contributed by atoms with van der Waals surface area (Å²) in [6.45, 7) is 4.65. The summed E-state index contributed by atoms with van der Waals surface area (Å²) >= 11 is 0. The molecule has 0 saturated heterocycles. The molecule has 0 aliphatic heterocycles. The first kappa shape index (κ1) is 17.1. The van der Waals surface area contributed by atoms with Gasteiger partial charge in [-0.2, -0.15) is 0 Å². The van der Waals surface area contributed by atoms with Gasteiger partial charge in [-0.25, -0.2) is 4.98 Å². The molecule has 0 unspecified atom stereocenters. The second-order valence-electron chi connectivity index (χ2n) is 5.52. The molecule has 0 fully saturated rings. The molecule has 0 amide bonds. The summed E-state index contributed by atoms with van der Waals surface area (Å²) in [4.78, 5) is 8.70. The molecule has 2 rings (SSSR count). The summed E-state index contributed by atoms with van der Waals surface area (Å²) < 4.78 is 2.16. The number of guanidine groups is 1. The summed E-state index contributed by atoms with van der Waals surface area (Å²) in [5, 5.41) is 6.67. The van der Waals surface area contributed by atoms with Gasteiger partial charge in [-0.05, 0) is 12.0 Å². The Kier molecular flexibility index (Phi) is 7.17. The number of hydrogen-bond donors (Lipinski definition) is 2. The number of aliphatic imine (C=N–C) groups is 1. The van der Waals surface area contributed by atoms with E-state index in [1.807, 2.05) is 18.5 Å². The molecule has 23 heavy (non-hydrogen) atoms. The third-order valence-corrected chi connectivity index (χ3v) is 3.71. The van der Waals surface area contributed by atoms with Crippen molar-refractivity contribution in [3.05, 3.63) is 54.1 Å². The predicted molar refractivity (Wildman–Crippen MR) is 95.5 cm³/mol. The highest BCUT2D eigenvalue weighted by atomic mass is 15.2. The molecule has 2 N–H and O–H groups in total. The number of unbranched alkanes of at least 4 members (excludes halogenated alkanes) is 2. The number of rotatable bonds is 8. The van der Waals surface area contributed by atoms with Crippen LogP contribution in [0.2, 0.25) is 0 Å². The van der Waals surface area contributed by atoms with Crippen LogP contribution in [0.1, 0.15) is 37.6 Å². The van der Waals surface area contributed by atoms with E-state index in [0.717, 1.165) is 24.9 Å². The molecule has 0 aliphatic carbocycles. The fraction of sp³-hybridized carbons (Fsp3) is 0.444. The Morgan fingerprint density at radius 3 is 2.74 bits per heavy atom. The zero-order chi connectivity index (χ0) is 16.3. The van der Waals surface area contributed by atoms with Crippen molar-refractivity contribution in [1.82, 2.24) is 20.2 Å². The Morgan fingerprint density at radius 1 is 1.17 bits per heavy atom. The van der Waals surface area contributed by atoms with Crippen molar-refractivity contribution in [3.63, 3.8) is 0 Å². The van der Waals surface area contributed by atoms with E-state index in [4.69, 9.17) is 0 Å². The topological polar surface area (TPSA) is 54.2 Å². The predicted octanol–water partition coefficient (Wildman–Crippen LogP) is 2.79. The van der Waals surface area contributed by atoms with Crippen LogP contribution >= 0.6 is 0 Å². The normalized spacial score (nSPS) is 11.5. The zero-order valence-corrected chi connectivity index (χ0v) is 14.1. The minimum Gasteiger partial charge on any atom is -0.356 e. The molecule has 0 saturated carbocycles. The van der Waals surface area contributed by atoms with Crippen molar-refractivity contribution in [3.8, 4) is 0 Å². The van der Waals surface area contributed by atoms with Gasteiger partial charge in [0, 0.05) is 32.5 Å². The third kappa shape index (κ3) is 5.77. The Balaban J connectivity index is 1.85. The number of nitrogens with one attached hydrogen (secondary N) is 2. The number of imidazole rings is 1. The summed E-state index contributed by atoms with van der Waals surface area (Å²) in [7, 11) is 1.80. The SMILES string of the molecule is CCCCCNC(=NC)NCc1nccn1Cc1ccccc1. The van der Waals surface area contributed by atoms with E-state index in [-0.39, 0.29) is 0 Å². The maximum atomic E-state index is 4.45. The zero-order valence-electron chi connectivity index (χ0n) is 14.1. The van der Waals surface area contributed by atoms with Crippen LogP contribution in [0.5, 0.6) is 0 Å². The van der Waals surface area contributed by atoms with E-state index in [1.165, 1.54) is 24.8 Å². The summed E-state index contributed by atoms with van der Waals surface area (Å²) in [5.74, 6) is 1.83. The molecule has 1 aromatic carbocycles. The molecule has 5 nitrogen and oxygen atoms in total. The van der Waals surface area contributed by atoms with Gasteiger partial charge in [0.2, 0.25) is 0 Å². The minimum absolute atomic E-state index is 0.660. The Morgan fingerprint density at radius 2 is 2.00 bits per heavy atom. The van der Waals surface area contributed by atoms with Crippen LogP contribution in [0.4, 0.5) is 0 Å². The van der Waals surface area contributed by atoms with E-state index >= 15 is 0 Å². The standard InChI is InChI=1S/C18H27N5/c1-3-4-8-11-21-18(19-2)22-14-17-20-12-13-23(17)15-16-9-6-5-7-10-16/h5-7,9-10,12-13H,3-4,8,11,14-15H2,1-2H3,(H2,19,21,22). The van der Waals surface area contributed by atoms with Crippen molar-refractivity contribution < 1.29 is 0 Å². The highest BCUT2D eigenvalue weighted by molar-refractivity contribution is 5.79. The maximum Gasteiger partial charge on any atom is 0.191 e. The fourth-order valence-corrected chi connectivity index (χ4v) is 2.40. The van der Waals surface area contributed by atoms with Crippen LogP contribution < -0.4 is 10.6 Å². The van der Waals surface area contributed by atoms with Crippen LogP contribution in [0.3, 0.4) is 0 Å². The highest BCUT2D eigenvalue weighted by Crippen LogP contribution is 2.05. The summed E-state index contributed by atoms with van der Waals surface area (Å²) in [6, 6.07) is 10.4. The van der Waals surface area contributed by atoms with Gasteiger partial charge in [0.15, 0.2) is 5.96 Å². The molecule has 124 valence electrons. The van der Waals surface area contributed by atoms with E-state index in [9.17, 15) is 0 Å². The average molecular weight is 313 g/mol. The van der Waals surface area contributed by atoms with Crippen molar-refractivity contribution >= 4 is 5.96 Å². The highest BCUT2D eigenvalue weighted by Gasteiger charge is 2.05. The molecular weight excluding hydrogens is 286 g/mol. The first-order chi connectivity index (χ1) is 11.3. The van der Waals surface area contributed by atoms with E-state index in [0.29, 0.717) is 6.54 Å². The van der Waals surface area contributed by atoms with Crippen molar-refractivity contribution in [2.24, 2.45) is 4.99 Å². The van der Waals surface area contributed by atoms with Crippen molar-refractivity contribution in [2.75, 3.05) is 13.6 Å². The molecule has 2 aromatic rings. The lowest BCUT2D eigenvalue weighted by Crippen LogP contribution is -2.37. The number of aromatic nitrogens is 2. The molecule has 5 heteroatoms. The van der Waals surface area contributed by atoms with Crippen molar-refractivity contribution in [1.29, 1.82) is 0 Å². The van der Waals surface area contributed by atoms with Crippen LogP contribution in [0.25, 0.3) is 0 Å². The maximum absolute atomic E-state index is 4.45. The van der Waals surface area contributed by atoms with E-state index in [1.54, 1.807) is 7.05 Å². The Hall–Kier alpha value is -2.30. The quantitative estimate of drug-likeness (QED) is 0.448. The molecule has 0 spiro atoms. The van der Waals surface area contributed by atoms with Gasteiger partial charge >= 0.3 is 0 Å². The smallest absolute Gasteiger partial charge is 0.191 e. The van der Waals surface area contributed by atoms with Crippen LogP contribution in [-0.2, 0) is 13.1 Å². The number of hydrogen-bond acceptors (Lipinski definition) is 2. The lowest BCUT2D eigenvalue weighted by molar-refractivity contribution is 0.665. The number of benzene rings is 1. The fourth-order valence-electron chi connectivity index (χ4n) is 2.40. The summed E-state index contributed by atoms with van der Waals surface area (Å²) in [5.41, 5.74) is 1.27. The molecule has 1 aromatic heterocycles. The van der Waals surface area contributed by atoms with Gasteiger partial charge in [0.25, 0.3) is 0 Å².